The molecule has 0 atom stereocenters. The van der Waals surface area contributed by atoms with Gasteiger partial charge in [0, 0.05) is 29.4 Å². The summed E-state index contributed by atoms with van der Waals surface area (Å²) < 4.78 is 0. The lowest BCUT2D eigenvalue weighted by molar-refractivity contribution is 1.12. The number of benzene rings is 1. The van der Waals surface area contributed by atoms with Crippen molar-refractivity contribution in [2.24, 2.45) is 5.73 Å². The molecule has 20 heavy (non-hydrogen) atoms. The zero-order valence-electron chi connectivity index (χ0n) is 11.1. The molecule has 0 radical (unpaired) electrons. The Balaban J connectivity index is 2.46. The summed E-state index contributed by atoms with van der Waals surface area (Å²) in [7, 11) is 0. The monoisotopic (exact) mass is 271 g/mol. The molecule has 0 saturated heterocycles. The van der Waals surface area contributed by atoms with Crippen LogP contribution in [-0.2, 0) is 0 Å². The maximum absolute atomic E-state index is 7.42. The van der Waals surface area contributed by atoms with Crippen LogP contribution < -0.4 is 22.5 Å². The van der Waals surface area contributed by atoms with Gasteiger partial charge in [-0.25, -0.2) is 4.98 Å². The summed E-state index contributed by atoms with van der Waals surface area (Å²) in [6.07, 6.45) is 0. The molecule has 0 saturated carbocycles. The van der Waals surface area contributed by atoms with Gasteiger partial charge in [0.05, 0.1) is 5.69 Å². The van der Waals surface area contributed by atoms with Crippen molar-refractivity contribution in [1.82, 2.24) is 9.97 Å². The van der Waals surface area contributed by atoms with Crippen LogP contribution in [0, 0.1) is 5.41 Å². The molecule has 0 aliphatic heterocycles. The Morgan fingerprint density at radius 3 is 2.60 bits per heavy atom. The molecular weight excluding hydrogens is 254 g/mol. The highest BCUT2D eigenvalue weighted by molar-refractivity contribution is 6.00. The fourth-order valence-corrected chi connectivity index (χ4v) is 1.85. The third-order valence-corrected chi connectivity index (χ3v) is 2.74. The van der Waals surface area contributed by atoms with Crippen molar-refractivity contribution in [2.75, 3.05) is 23.3 Å². The van der Waals surface area contributed by atoms with Gasteiger partial charge in [0.2, 0.25) is 5.95 Å². The zero-order valence-corrected chi connectivity index (χ0v) is 11.1. The summed E-state index contributed by atoms with van der Waals surface area (Å²) in [5.41, 5.74) is 19.4. The SMILES string of the molecule is CCNc1cc(-c2ccc(C(=N)N)c(N)c2)nc(N)n1. The molecule has 0 aliphatic carbocycles. The van der Waals surface area contributed by atoms with Gasteiger partial charge < -0.3 is 22.5 Å². The highest BCUT2D eigenvalue weighted by Gasteiger charge is 2.08. The first kappa shape index (κ1) is 13.6. The van der Waals surface area contributed by atoms with Crippen LogP contribution in [0.3, 0.4) is 0 Å². The van der Waals surface area contributed by atoms with Gasteiger partial charge >= 0.3 is 0 Å². The van der Waals surface area contributed by atoms with Crippen molar-refractivity contribution >= 4 is 23.3 Å². The first-order chi connectivity index (χ1) is 9.51. The molecule has 1 heterocycles. The van der Waals surface area contributed by atoms with Crippen LogP contribution in [0.15, 0.2) is 24.3 Å². The summed E-state index contributed by atoms with van der Waals surface area (Å²) >= 11 is 0. The molecule has 7 heteroatoms. The van der Waals surface area contributed by atoms with E-state index in [-0.39, 0.29) is 11.8 Å². The Bertz CT molecular complexity index is 651. The van der Waals surface area contributed by atoms with Crippen LogP contribution in [0.2, 0.25) is 0 Å². The molecule has 0 fully saturated rings. The van der Waals surface area contributed by atoms with Crippen molar-refractivity contribution in [3.8, 4) is 11.3 Å². The van der Waals surface area contributed by atoms with Gasteiger partial charge in [-0.05, 0) is 19.1 Å². The number of amidine groups is 1. The molecule has 0 aliphatic rings. The lowest BCUT2D eigenvalue weighted by atomic mass is 10.1. The fourth-order valence-electron chi connectivity index (χ4n) is 1.85. The highest BCUT2D eigenvalue weighted by Crippen LogP contribution is 2.24. The number of nitrogen functional groups attached to an aromatic ring is 3. The van der Waals surface area contributed by atoms with Crippen LogP contribution >= 0.6 is 0 Å². The van der Waals surface area contributed by atoms with E-state index in [0.717, 1.165) is 12.1 Å². The van der Waals surface area contributed by atoms with Crippen LogP contribution in [0.1, 0.15) is 12.5 Å². The van der Waals surface area contributed by atoms with Crippen molar-refractivity contribution in [2.45, 2.75) is 6.92 Å². The van der Waals surface area contributed by atoms with Gasteiger partial charge in [0.1, 0.15) is 11.7 Å². The molecule has 0 bridgehead atoms. The van der Waals surface area contributed by atoms with Crippen molar-refractivity contribution in [3.05, 3.63) is 29.8 Å². The quantitative estimate of drug-likeness (QED) is 0.319. The topological polar surface area (TPSA) is 140 Å². The van der Waals surface area contributed by atoms with Gasteiger partial charge in [-0.2, -0.15) is 4.98 Å². The van der Waals surface area contributed by atoms with E-state index in [0.29, 0.717) is 22.8 Å². The Morgan fingerprint density at radius 1 is 1.25 bits per heavy atom. The van der Waals surface area contributed by atoms with Crippen LogP contribution in [0.5, 0.6) is 0 Å². The standard InChI is InChI=1S/C13H17N7/c1-2-18-11-6-10(19-13(17)20-11)7-3-4-8(12(15)16)9(14)5-7/h3-6H,2,14H2,1H3,(H3,15,16)(H3,17,18,19,20). The smallest absolute Gasteiger partial charge is 0.222 e. The number of nitrogens with zero attached hydrogens (tertiary/aromatic N) is 2. The molecule has 1 aromatic heterocycles. The zero-order chi connectivity index (χ0) is 14.7. The Labute approximate surface area is 116 Å². The number of rotatable bonds is 4. The minimum Gasteiger partial charge on any atom is -0.398 e. The second kappa shape index (κ2) is 5.43. The molecule has 0 amide bonds. The summed E-state index contributed by atoms with van der Waals surface area (Å²) in [6, 6.07) is 7.00. The number of hydrogen-bond donors (Lipinski definition) is 5. The number of aromatic nitrogens is 2. The van der Waals surface area contributed by atoms with Crippen molar-refractivity contribution < 1.29 is 0 Å². The molecule has 2 rings (SSSR count). The van der Waals surface area contributed by atoms with E-state index in [1.165, 1.54) is 0 Å². The second-order valence-corrected chi connectivity index (χ2v) is 4.24. The third-order valence-electron chi connectivity index (χ3n) is 2.74. The summed E-state index contributed by atoms with van der Waals surface area (Å²) in [4.78, 5) is 8.28. The van der Waals surface area contributed by atoms with E-state index in [9.17, 15) is 0 Å². The van der Waals surface area contributed by atoms with Gasteiger partial charge in [-0.1, -0.05) is 6.07 Å². The Hall–Kier alpha value is -2.83. The minimum atomic E-state index is -0.0652. The lowest BCUT2D eigenvalue weighted by Gasteiger charge is -2.09. The average molecular weight is 271 g/mol. The van der Waals surface area contributed by atoms with E-state index in [1.807, 2.05) is 6.92 Å². The molecule has 104 valence electrons. The Morgan fingerprint density at radius 2 is 2.00 bits per heavy atom. The molecule has 0 unspecified atom stereocenters. The average Bonchev–Trinajstić information content (AvgIpc) is 2.37. The van der Waals surface area contributed by atoms with Gasteiger partial charge in [0.15, 0.2) is 0 Å². The van der Waals surface area contributed by atoms with Crippen LogP contribution in [-0.4, -0.2) is 22.3 Å². The lowest BCUT2D eigenvalue weighted by Crippen LogP contribution is -2.13. The van der Waals surface area contributed by atoms with Crippen LogP contribution in [0.25, 0.3) is 11.3 Å². The molecule has 7 nitrogen and oxygen atoms in total. The van der Waals surface area contributed by atoms with E-state index >= 15 is 0 Å². The summed E-state index contributed by atoms with van der Waals surface area (Å²) in [5.74, 6) is 0.779. The minimum absolute atomic E-state index is 0.0652. The molecule has 0 spiro atoms. The largest absolute Gasteiger partial charge is 0.398 e. The van der Waals surface area contributed by atoms with Gasteiger partial charge in [0.25, 0.3) is 0 Å². The van der Waals surface area contributed by atoms with Gasteiger partial charge in [-0.15, -0.1) is 0 Å². The highest BCUT2D eigenvalue weighted by atomic mass is 15.1. The molecule has 2 aromatic rings. The number of anilines is 3. The second-order valence-electron chi connectivity index (χ2n) is 4.24. The predicted molar refractivity (Wildman–Crippen MR) is 81.5 cm³/mol. The first-order valence-electron chi connectivity index (χ1n) is 6.14. The number of nitrogens with two attached hydrogens (primary N) is 3. The third kappa shape index (κ3) is 2.77. The number of nitrogens with one attached hydrogen (secondary N) is 2. The first-order valence-corrected chi connectivity index (χ1v) is 6.14. The predicted octanol–water partition coefficient (Wildman–Crippen LogP) is 1.02. The fraction of sp³-hybridized carbons (Fsp3) is 0.154. The van der Waals surface area contributed by atoms with Crippen molar-refractivity contribution in [1.29, 1.82) is 5.41 Å². The maximum Gasteiger partial charge on any atom is 0.222 e. The molecular formula is C13H17N7. The van der Waals surface area contributed by atoms with E-state index in [1.54, 1.807) is 24.3 Å². The Kier molecular flexibility index (Phi) is 3.69. The van der Waals surface area contributed by atoms with Crippen LogP contribution in [0.4, 0.5) is 17.5 Å². The van der Waals surface area contributed by atoms with Gasteiger partial charge in [-0.3, -0.25) is 5.41 Å². The van der Waals surface area contributed by atoms with E-state index in [4.69, 9.17) is 22.6 Å². The van der Waals surface area contributed by atoms with E-state index in [2.05, 4.69) is 15.3 Å². The summed E-state index contributed by atoms with van der Waals surface area (Å²) in [6.45, 7) is 2.71. The van der Waals surface area contributed by atoms with E-state index < -0.39 is 0 Å². The normalized spacial score (nSPS) is 10.2. The number of hydrogen-bond acceptors (Lipinski definition) is 6. The maximum atomic E-state index is 7.42. The van der Waals surface area contributed by atoms with Crippen molar-refractivity contribution in [3.63, 3.8) is 0 Å². The molecule has 1 aromatic carbocycles. The summed E-state index contributed by atoms with van der Waals surface area (Å²) in [5, 5.41) is 10.5. The molecule has 8 N–H and O–H groups in total.